The van der Waals surface area contributed by atoms with E-state index in [9.17, 15) is 26.4 Å². The van der Waals surface area contributed by atoms with Gasteiger partial charge in [0, 0.05) is 5.56 Å². The van der Waals surface area contributed by atoms with Gasteiger partial charge in [-0.1, -0.05) is 18.2 Å². The molecule has 32 heavy (non-hydrogen) atoms. The van der Waals surface area contributed by atoms with E-state index >= 15 is 0 Å². The number of primary amides is 1. The fourth-order valence-corrected chi connectivity index (χ4v) is 3.43. The normalized spacial score (nSPS) is 12.5. The molecule has 1 aromatic heterocycles. The fourth-order valence-electron chi connectivity index (χ4n) is 2.86. The van der Waals surface area contributed by atoms with Crippen LogP contribution in [0.3, 0.4) is 0 Å². The van der Waals surface area contributed by atoms with Crippen LogP contribution < -0.4 is 20.9 Å². The lowest BCUT2D eigenvalue weighted by atomic mass is 10.1. The van der Waals surface area contributed by atoms with E-state index in [1.165, 1.54) is 42.5 Å². The predicted octanol–water partition coefficient (Wildman–Crippen LogP) is 3.00. The molecule has 9 nitrogen and oxygen atoms in total. The summed E-state index contributed by atoms with van der Waals surface area (Å²) in [5.74, 6) is -5.32. The molecule has 0 fully saturated rings. The number of aromatic nitrogens is 2. The van der Waals surface area contributed by atoms with E-state index in [1.807, 2.05) is 0 Å². The summed E-state index contributed by atoms with van der Waals surface area (Å²) in [4.78, 5) is 11.7. The Hall–Kier alpha value is -3.74. The number of H-pyrrole nitrogens is 1. The standard InChI is InChI=1S/C19H18F3N5O4S/c1-9(10-2-5-12(20)6-3-10)31-14-8-11(16-15(18(24)28)17(23)26-25-16)4-7-13(14)27-32(29,30)19(21)22/h2-9,19,27H,1H3,(H2,24,28)(H3,23,25,26)/t9-/m0/s1. The van der Waals surface area contributed by atoms with Gasteiger partial charge in [-0.05, 0) is 36.8 Å². The number of nitrogens with one attached hydrogen (secondary N) is 2. The second-order valence-corrected chi connectivity index (χ2v) is 8.30. The first kappa shape index (κ1) is 22.9. The maximum atomic E-state index is 13.2. The monoisotopic (exact) mass is 469 g/mol. The van der Waals surface area contributed by atoms with E-state index in [0.717, 1.165) is 0 Å². The van der Waals surface area contributed by atoms with Crippen LogP contribution >= 0.6 is 0 Å². The first-order valence-corrected chi connectivity index (χ1v) is 10.5. The Morgan fingerprint density at radius 3 is 2.44 bits per heavy atom. The maximum Gasteiger partial charge on any atom is 0.355 e. The average Bonchev–Trinajstić information content (AvgIpc) is 3.11. The van der Waals surface area contributed by atoms with Crippen LogP contribution in [0.25, 0.3) is 11.3 Å². The Balaban J connectivity index is 2.07. The molecular formula is C19H18F3N5O4S. The Morgan fingerprint density at radius 1 is 1.19 bits per heavy atom. The third-order valence-electron chi connectivity index (χ3n) is 4.44. The number of aromatic amines is 1. The van der Waals surface area contributed by atoms with Crippen molar-refractivity contribution in [2.45, 2.75) is 18.8 Å². The lowest BCUT2D eigenvalue weighted by Gasteiger charge is -2.19. The molecule has 0 aliphatic carbocycles. The van der Waals surface area contributed by atoms with Crippen molar-refractivity contribution in [3.63, 3.8) is 0 Å². The van der Waals surface area contributed by atoms with Gasteiger partial charge in [0.15, 0.2) is 5.82 Å². The van der Waals surface area contributed by atoms with Gasteiger partial charge in [0.1, 0.15) is 23.2 Å². The van der Waals surface area contributed by atoms with Gasteiger partial charge in [-0.15, -0.1) is 0 Å². The highest BCUT2D eigenvalue weighted by molar-refractivity contribution is 7.93. The molecule has 0 bridgehead atoms. The van der Waals surface area contributed by atoms with E-state index < -0.39 is 33.6 Å². The van der Waals surface area contributed by atoms with E-state index in [-0.39, 0.29) is 34.1 Å². The minimum Gasteiger partial charge on any atom is -0.484 e. The molecule has 0 saturated heterocycles. The van der Waals surface area contributed by atoms with Crippen molar-refractivity contribution < 1.29 is 31.1 Å². The molecule has 0 saturated carbocycles. The molecule has 3 rings (SSSR count). The first-order chi connectivity index (χ1) is 15.0. The minimum atomic E-state index is -5.00. The second-order valence-electron chi connectivity index (χ2n) is 6.65. The van der Waals surface area contributed by atoms with Gasteiger partial charge in [0.2, 0.25) is 0 Å². The summed E-state index contributed by atoms with van der Waals surface area (Å²) in [6, 6.07) is 9.11. The minimum absolute atomic E-state index is 0.108. The number of nitrogens with two attached hydrogens (primary N) is 2. The highest BCUT2D eigenvalue weighted by Crippen LogP contribution is 2.36. The molecule has 1 amide bonds. The molecule has 0 radical (unpaired) electrons. The Bertz CT molecular complexity index is 1250. The van der Waals surface area contributed by atoms with Crippen molar-refractivity contribution in [1.82, 2.24) is 10.2 Å². The van der Waals surface area contributed by atoms with Crippen LogP contribution in [0, 0.1) is 5.82 Å². The first-order valence-electron chi connectivity index (χ1n) is 8.99. The van der Waals surface area contributed by atoms with E-state index in [4.69, 9.17) is 16.2 Å². The number of amides is 1. The summed E-state index contributed by atoms with van der Waals surface area (Å²) >= 11 is 0. The van der Waals surface area contributed by atoms with Crippen LogP contribution in [0.5, 0.6) is 5.75 Å². The van der Waals surface area contributed by atoms with Gasteiger partial charge < -0.3 is 16.2 Å². The molecular weight excluding hydrogens is 451 g/mol. The number of benzene rings is 2. The third-order valence-corrected chi connectivity index (χ3v) is 5.41. The van der Waals surface area contributed by atoms with Crippen molar-refractivity contribution in [2.75, 3.05) is 10.5 Å². The highest BCUT2D eigenvalue weighted by Gasteiger charge is 2.26. The van der Waals surface area contributed by atoms with E-state index in [2.05, 4.69) is 10.2 Å². The van der Waals surface area contributed by atoms with Gasteiger partial charge in [0.05, 0.1) is 11.4 Å². The van der Waals surface area contributed by atoms with Crippen molar-refractivity contribution >= 4 is 27.4 Å². The molecule has 3 aromatic rings. The van der Waals surface area contributed by atoms with Crippen LogP contribution in [0.15, 0.2) is 42.5 Å². The number of carbonyl (C=O) groups excluding carboxylic acids is 1. The van der Waals surface area contributed by atoms with Crippen LogP contribution in [-0.2, 0) is 10.0 Å². The summed E-state index contributed by atoms with van der Waals surface area (Å²) < 4.78 is 69.9. The number of ether oxygens (including phenoxy) is 1. The summed E-state index contributed by atoms with van der Waals surface area (Å²) in [6.07, 6.45) is -0.733. The van der Waals surface area contributed by atoms with Crippen LogP contribution in [0.4, 0.5) is 24.7 Å². The molecule has 6 N–H and O–H groups in total. The van der Waals surface area contributed by atoms with Crippen molar-refractivity contribution in [3.05, 3.63) is 59.4 Å². The summed E-state index contributed by atoms with van der Waals surface area (Å²) in [6.45, 7) is 1.59. The molecule has 13 heteroatoms. The number of nitrogens with zero attached hydrogens (tertiary/aromatic N) is 1. The van der Waals surface area contributed by atoms with Gasteiger partial charge in [-0.25, -0.2) is 12.8 Å². The average molecular weight is 469 g/mol. The van der Waals surface area contributed by atoms with Crippen LogP contribution in [0.2, 0.25) is 0 Å². The number of halogens is 3. The topological polar surface area (TPSA) is 153 Å². The largest absolute Gasteiger partial charge is 0.484 e. The Labute approximate surface area is 180 Å². The quantitative estimate of drug-likeness (QED) is 0.398. The lowest BCUT2D eigenvalue weighted by Crippen LogP contribution is -2.21. The van der Waals surface area contributed by atoms with Crippen molar-refractivity contribution in [1.29, 1.82) is 0 Å². The van der Waals surface area contributed by atoms with E-state index in [1.54, 1.807) is 11.6 Å². The number of sulfonamides is 1. The summed E-state index contributed by atoms with van der Waals surface area (Å²) in [5.41, 5.74) is 11.5. The van der Waals surface area contributed by atoms with Gasteiger partial charge in [0.25, 0.3) is 15.9 Å². The SMILES string of the molecule is C[C@H](Oc1cc(-c2[nH]nc(N)c2C(N)=O)ccc1NS(=O)(=O)C(F)F)c1ccc(F)cc1. The number of carbonyl (C=O) groups is 1. The molecule has 2 aromatic carbocycles. The zero-order chi connectivity index (χ0) is 23.6. The third kappa shape index (κ3) is 4.77. The lowest BCUT2D eigenvalue weighted by molar-refractivity contribution is 0.100. The molecule has 170 valence electrons. The van der Waals surface area contributed by atoms with Crippen molar-refractivity contribution in [2.24, 2.45) is 5.73 Å². The van der Waals surface area contributed by atoms with Crippen LogP contribution in [0.1, 0.15) is 28.9 Å². The number of alkyl halides is 2. The Morgan fingerprint density at radius 2 is 1.84 bits per heavy atom. The summed E-state index contributed by atoms with van der Waals surface area (Å²) in [5, 5.41) is 6.27. The fraction of sp³-hybridized carbons (Fsp3) is 0.158. The predicted molar refractivity (Wildman–Crippen MR) is 111 cm³/mol. The number of anilines is 2. The zero-order valence-corrected chi connectivity index (χ0v) is 17.3. The highest BCUT2D eigenvalue weighted by atomic mass is 32.2. The zero-order valence-electron chi connectivity index (χ0n) is 16.5. The van der Waals surface area contributed by atoms with Gasteiger partial charge in [-0.3, -0.25) is 14.6 Å². The van der Waals surface area contributed by atoms with Crippen molar-refractivity contribution in [3.8, 4) is 17.0 Å². The number of hydrogen-bond donors (Lipinski definition) is 4. The molecule has 0 aliphatic rings. The molecule has 0 aliphatic heterocycles. The molecule has 1 heterocycles. The molecule has 0 unspecified atom stereocenters. The number of rotatable bonds is 8. The van der Waals surface area contributed by atoms with Crippen LogP contribution in [-0.4, -0.2) is 30.3 Å². The maximum absolute atomic E-state index is 13.2. The second kappa shape index (κ2) is 8.78. The summed E-state index contributed by atoms with van der Waals surface area (Å²) in [7, 11) is -5.00. The molecule has 0 spiro atoms. The molecule has 1 atom stereocenters. The number of hydrogen-bond acceptors (Lipinski definition) is 6. The van der Waals surface area contributed by atoms with Gasteiger partial charge >= 0.3 is 5.76 Å². The van der Waals surface area contributed by atoms with Gasteiger partial charge in [-0.2, -0.15) is 13.9 Å². The smallest absolute Gasteiger partial charge is 0.355 e. The Kier molecular flexibility index (Phi) is 6.30. The number of nitrogen functional groups attached to an aromatic ring is 1. The van der Waals surface area contributed by atoms with E-state index in [0.29, 0.717) is 5.56 Å².